The van der Waals surface area contributed by atoms with Gasteiger partial charge in [-0.05, 0) is 54.8 Å². The number of hydrogen-bond donors (Lipinski definition) is 2. The quantitative estimate of drug-likeness (QED) is 0.476. The Morgan fingerprint density at radius 3 is 2.42 bits per heavy atom. The van der Waals surface area contributed by atoms with E-state index in [9.17, 15) is 5.11 Å². The van der Waals surface area contributed by atoms with Gasteiger partial charge in [0.25, 0.3) is 0 Å². The molecule has 0 saturated heterocycles. The Kier molecular flexibility index (Phi) is 6.28. The number of fused-ring (bicyclic) bond motifs is 1. The molecule has 6 nitrogen and oxygen atoms in total. The Morgan fingerprint density at radius 2 is 1.74 bits per heavy atom. The van der Waals surface area contributed by atoms with Gasteiger partial charge in [-0.15, -0.1) is 0 Å². The second-order valence-electron chi connectivity index (χ2n) is 7.59. The molecule has 0 bridgehead atoms. The van der Waals surface area contributed by atoms with E-state index in [1.165, 1.54) is 25.7 Å². The Hall–Kier alpha value is -3.25. The molecule has 31 heavy (non-hydrogen) atoms. The number of nitrogen functional groups attached to an aromatic ring is 1. The predicted octanol–water partition coefficient (Wildman–Crippen LogP) is 5.24. The Bertz CT molecular complexity index is 1160. The second-order valence-corrected chi connectivity index (χ2v) is 7.59. The number of benzene rings is 1. The van der Waals surface area contributed by atoms with Crippen LogP contribution in [-0.4, -0.2) is 24.6 Å². The smallest absolute Gasteiger partial charge is 0.165 e. The van der Waals surface area contributed by atoms with E-state index in [1.54, 1.807) is 6.20 Å². The van der Waals surface area contributed by atoms with Gasteiger partial charge in [0.1, 0.15) is 11.3 Å². The fourth-order valence-corrected chi connectivity index (χ4v) is 4.20. The minimum atomic E-state index is 0.0114. The minimum absolute atomic E-state index is 0.0114. The number of pyridine rings is 2. The van der Waals surface area contributed by atoms with Gasteiger partial charge in [0.05, 0.1) is 12.2 Å². The van der Waals surface area contributed by atoms with Crippen LogP contribution < -0.4 is 5.73 Å². The monoisotopic (exact) mass is 415 g/mol. The van der Waals surface area contributed by atoms with Crippen molar-refractivity contribution in [2.75, 3.05) is 5.73 Å². The summed E-state index contributed by atoms with van der Waals surface area (Å²) < 4.78 is 2.04. The van der Waals surface area contributed by atoms with Crippen LogP contribution in [0.25, 0.3) is 28.2 Å². The van der Waals surface area contributed by atoms with Crippen LogP contribution in [0, 0.1) is 0 Å². The molecule has 5 rings (SSSR count). The van der Waals surface area contributed by atoms with Crippen LogP contribution in [-0.2, 0) is 6.61 Å². The summed E-state index contributed by atoms with van der Waals surface area (Å²) in [5.74, 6) is 1.68. The van der Waals surface area contributed by atoms with Crippen molar-refractivity contribution >= 4 is 17.0 Å². The molecule has 0 aliphatic heterocycles. The van der Waals surface area contributed by atoms with Crippen LogP contribution in [0.5, 0.6) is 0 Å². The number of anilines is 1. The molecule has 0 atom stereocenters. The van der Waals surface area contributed by atoms with Gasteiger partial charge in [0, 0.05) is 23.5 Å². The molecule has 3 aromatic heterocycles. The fourth-order valence-electron chi connectivity index (χ4n) is 4.20. The zero-order valence-corrected chi connectivity index (χ0v) is 18.1. The first-order valence-corrected chi connectivity index (χ1v) is 11.0. The summed E-state index contributed by atoms with van der Waals surface area (Å²) >= 11 is 0. The van der Waals surface area contributed by atoms with Gasteiger partial charge in [-0.1, -0.05) is 38.8 Å². The van der Waals surface area contributed by atoms with Crippen molar-refractivity contribution in [2.45, 2.75) is 52.1 Å². The molecule has 1 fully saturated rings. The first-order valence-electron chi connectivity index (χ1n) is 11.0. The van der Waals surface area contributed by atoms with Crippen molar-refractivity contribution in [1.82, 2.24) is 19.5 Å². The lowest BCUT2D eigenvalue weighted by Crippen LogP contribution is -2.03. The average molecular weight is 416 g/mol. The first-order chi connectivity index (χ1) is 15.2. The van der Waals surface area contributed by atoms with Crippen LogP contribution >= 0.6 is 0 Å². The van der Waals surface area contributed by atoms with E-state index in [-0.39, 0.29) is 6.61 Å². The van der Waals surface area contributed by atoms with Gasteiger partial charge in [0.15, 0.2) is 11.5 Å². The van der Waals surface area contributed by atoms with Crippen LogP contribution in [0.3, 0.4) is 0 Å². The Labute approximate surface area is 182 Å². The molecule has 1 aliphatic rings. The lowest BCUT2D eigenvalue weighted by molar-refractivity contribution is 0.282. The van der Waals surface area contributed by atoms with E-state index in [1.807, 2.05) is 54.8 Å². The maximum Gasteiger partial charge on any atom is 0.165 e. The lowest BCUT2D eigenvalue weighted by atomic mass is 10.0. The number of rotatable bonds is 4. The number of imidazole rings is 1. The van der Waals surface area contributed by atoms with Crippen molar-refractivity contribution < 1.29 is 5.11 Å². The van der Waals surface area contributed by atoms with Crippen LogP contribution in [0.1, 0.15) is 56.7 Å². The van der Waals surface area contributed by atoms with E-state index in [2.05, 4.69) is 17.1 Å². The predicted molar refractivity (Wildman–Crippen MR) is 125 cm³/mol. The minimum Gasteiger partial charge on any atom is -0.392 e. The molecule has 1 aliphatic carbocycles. The van der Waals surface area contributed by atoms with E-state index < -0.39 is 0 Å². The molecule has 3 N–H and O–H groups in total. The maximum atomic E-state index is 9.40. The molecule has 6 heteroatoms. The van der Waals surface area contributed by atoms with Crippen molar-refractivity contribution in [2.24, 2.45) is 0 Å². The van der Waals surface area contributed by atoms with Crippen LogP contribution in [0.4, 0.5) is 5.82 Å². The SMILES string of the molecule is CC.Nc1ncccc1-c1nc2ccc(C3CCCC3)nc2n1-c1ccc(CO)cc1. The van der Waals surface area contributed by atoms with Crippen LogP contribution in [0.15, 0.2) is 54.7 Å². The number of nitrogens with two attached hydrogens (primary N) is 1. The standard InChI is InChI=1S/C23H23N5O.C2H6/c24-21-18(6-3-13-25-21)22-27-20-12-11-19(16-4-1-2-5-16)26-23(20)28(22)17-9-7-15(14-29)8-10-17;1-2/h3,6-13,16,29H,1-2,4-5,14H2,(H2,24,25);1-2H3. The molecule has 3 heterocycles. The van der Waals surface area contributed by atoms with Gasteiger partial charge in [-0.3, -0.25) is 4.57 Å². The Balaban J connectivity index is 0.00000112. The van der Waals surface area contributed by atoms with Crippen molar-refractivity contribution in [3.8, 4) is 17.1 Å². The molecule has 0 radical (unpaired) electrons. The molecule has 1 aromatic carbocycles. The highest BCUT2D eigenvalue weighted by Gasteiger charge is 2.22. The highest BCUT2D eigenvalue weighted by molar-refractivity contribution is 5.82. The summed E-state index contributed by atoms with van der Waals surface area (Å²) in [6.45, 7) is 4.01. The van der Waals surface area contributed by atoms with Crippen LogP contribution in [0.2, 0.25) is 0 Å². The second kappa shape index (κ2) is 9.27. The lowest BCUT2D eigenvalue weighted by Gasteiger charge is -2.12. The van der Waals surface area contributed by atoms with Crippen molar-refractivity contribution in [3.63, 3.8) is 0 Å². The summed E-state index contributed by atoms with van der Waals surface area (Å²) in [5, 5.41) is 9.40. The summed E-state index contributed by atoms with van der Waals surface area (Å²) in [6, 6.07) is 15.8. The summed E-state index contributed by atoms with van der Waals surface area (Å²) in [6.07, 6.45) is 6.60. The normalized spacial score (nSPS) is 13.9. The topological polar surface area (TPSA) is 89.9 Å². The molecular weight excluding hydrogens is 386 g/mol. The molecule has 0 amide bonds. The van der Waals surface area contributed by atoms with Crippen molar-refractivity contribution in [1.29, 1.82) is 0 Å². The maximum absolute atomic E-state index is 9.40. The summed E-state index contributed by atoms with van der Waals surface area (Å²) in [5.41, 5.74) is 11.5. The van der Waals surface area contributed by atoms with E-state index >= 15 is 0 Å². The summed E-state index contributed by atoms with van der Waals surface area (Å²) in [4.78, 5) is 14.1. The third-order valence-electron chi connectivity index (χ3n) is 5.76. The van der Waals surface area contributed by atoms with Crippen molar-refractivity contribution in [3.05, 3.63) is 66.0 Å². The molecule has 0 unspecified atom stereocenters. The third kappa shape index (κ3) is 4.03. The zero-order valence-electron chi connectivity index (χ0n) is 18.1. The van der Waals surface area contributed by atoms with Gasteiger partial charge in [-0.25, -0.2) is 15.0 Å². The number of aliphatic hydroxyl groups is 1. The molecule has 160 valence electrons. The van der Waals surface area contributed by atoms with Gasteiger partial charge in [0.2, 0.25) is 0 Å². The first kappa shape index (κ1) is 21.0. The van der Waals surface area contributed by atoms with E-state index in [4.69, 9.17) is 15.7 Å². The number of hydrogen-bond acceptors (Lipinski definition) is 5. The highest BCUT2D eigenvalue weighted by atomic mass is 16.3. The largest absolute Gasteiger partial charge is 0.392 e. The average Bonchev–Trinajstić information content (AvgIpc) is 3.49. The summed E-state index contributed by atoms with van der Waals surface area (Å²) in [7, 11) is 0. The molecule has 4 aromatic rings. The van der Waals surface area contributed by atoms with Gasteiger partial charge in [-0.2, -0.15) is 0 Å². The van der Waals surface area contributed by atoms with E-state index in [0.29, 0.717) is 11.7 Å². The Morgan fingerprint density at radius 1 is 1.00 bits per heavy atom. The van der Waals surface area contributed by atoms with Gasteiger partial charge >= 0.3 is 0 Å². The molecule has 1 saturated carbocycles. The number of aliphatic hydroxyl groups excluding tert-OH is 1. The third-order valence-corrected chi connectivity index (χ3v) is 5.76. The number of aromatic nitrogens is 4. The fraction of sp³-hybridized carbons (Fsp3) is 0.320. The number of nitrogens with zero attached hydrogens (tertiary/aromatic N) is 4. The van der Waals surface area contributed by atoms with E-state index in [0.717, 1.165) is 39.5 Å². The van der Waals surface area contributed by atoms with Gasteiger partial charge < -0.3 is 10.8 Å². The molecular formula is C25H29N5O. The molecule has 0 spiro atoms. The highest BCUT2D eigenvalue weighted by Crippen LogP contribution is 2.35. The zero-order chi connectivity index (χ0) is 21.8.